The van der Waals surface area contributed by atoms with Gasteiger partial charge in [0, 0.05) is 18.7 Å². The molecule has 1 atom stereocenters. The number of rotatable bonds is 7. The van der Waals surface area contributed by atoms with Crippen LogP contribution in [0.4, 0.5) is 4.79 Å². The predicted octanol–water partition coefficient (Wildman–Crippen LogP) is 3.32. The van der Waals surface area contributed by atoms with Crippen molar-refractivity contribution in [2.24, 2.45) is 0 Å². The molecule has 3 N–H and O–H groups in total. The van der Waals surface area contributed by atoms with Gasteiger partial charge in [-0.25, -0.2) is 14.6 Å². The molecule has 2 amide bonds. The van der Waals surface area contributed by atoms with Crippen molar-refractivity contribution in [3.05, 3.63) is 89.2 Å². The summed E-state index contributed by atoms with van der Waals surface area (Å²) < 4.78 is 5.46. The van der Waals surface area contributed by atoms with E-state index in [0.717, 1.165) is 22.3 Å². The Morgan fingerprint density at radius 2 is 1.64 bits per heavy atom. The molecule has 1 aromatic heterocycles. The van der Waals surface area contributed by atoms with Gasteiger partial charge < -0.3 is 20.5 Å². The number of benzene rings is 2. The molecule has 2 aromatic carbocycles. The molecule has 0 spiro atoms. The fraction of sp³-hybridized carbons (Fsp3) is 0.200. The molecule has 33 heavy (non-hydrogen) atoms. The van der Waals surface area contributed by atoms with E-state index in [4.69, 9.17) is 9.84 Å². The van der Waals surface area contributed by atoms with Crippen LogP contribution in [-0.4, -0.2) is 40.7 Å². The van der Waals surface area contributed by atoms with Gasteiger partial charge in [0.1, 0.15) is 18.3 Å². The number of alkyl carbamates (subject to hydrolysis) is 1. The molecule has 3 aromatic rings. The molecule has 8 nitrogen and oxygen atoms in total. The maximum atomic E-state index is 12.3. The maximum Gasteiger partial charge on any atom is 0.407 e. The lowest BCUT2D eigenvalue weighted by atomic mass is 9.98. The lowest BCUT2D eigenvalue weighted by molar-refractivity contribution is -0.122. The van der Waals surface area contributed by atoms with Crippen molar-refractivity contribution in [3.8, 4) is 11.1 Å². The van der Waals surface area contributed by atoms with Gasteiger partial charge in [0.05, 0.1) is 0 Å². The number of carboxylic acids is 1. The first kappa shape index (κ1) is 22.0. The highest BCUT2D eigenvalue weighted by atomic mass is 16.5. The summed E-state index contributed by atoms with van der Waals surface area (Å²) >= 11 is 0. The zero-order valence-electron chi connectivity index (χ0n) is 17.9. The molecule has 1 unspecified atom stereocenters. The Balaban J connectivity index is 1.29. The summed E-state index contributed by atoms with van der Waals surface area (Å²) in [6.45, 7) is 1.88. The zero-order valence-corrected chi connectivity index (χ0v) is 17.9. The van der Waals surface area contributed by atoms with E-state index in [9.17, 15) is 14.4 Å². The average Bonchev–Trinajstić information content (AvgIpc) is 3.15. The number of fused-ring (bicyclic) bond motifs is 3. The standard InChI is InChI=1S/C25H23N3O5/c1-15(23(29)27-13-16-10-11-22(24(30)31)26-12-16)28-25(32)33-14-21-19-8-4-2-6-17(19)18-7-3-5-9-20(18)21/h2-12,15,21H,13-14H2,1H3,(H,27,29)(H,28,32)(H,30,31). The molecule has 8 heteroatoms. The second-order valence-corrected chi connectivity index (χ2v) is 7.77. The highest BCUT2D eigenvalue weighted by Gasteiger charge is 2.29. The molecule has 1 heterocycles. The van der Waals surface area contributed by atoms with Crippen molar-refractivity contribution >= 4 is 18.0 Å². The van der Waals surface area contributed by atoms with Gasteiger partial charge in [0.25, 0.3) is 0 Å². The number of hydrogen-bond donors (Lipinski definition) is 3. The van der Waals surface area contributed by atoms with E-state index in [-0.39, 0.29) is 24.8 Å². The van der Waals surface area contributed by atoms with Crippen molar-refractivity contribution in [2.45, 2.75) is 25.4 Å². The molecule has 0 saturated carbocycles. The van der Waals surface area contributed by atoms with Crippen LogP contribution in [0, 0.1) is 0 Å². The molecule has 1 aliphatic carbocycles. The highest BCUT2D eigenvalue weighted by molar-refractivity contribution is 5.86. The van der Waals surface area contributed by atoms with Gasteiger partial charge in [0.15, 0.2) is 0 Å². The van der Waals surface area contributed by atoms with E-state index in [1.807, 2.05) is 36.4 Å². The summed E-state index contributed by atoms with van der Waals surface area (Å²) in [6.07, 6.45) is 0.708. The molecule has 0 bridgehead atoms. The number of nitrogens with zero attached hydrogens (tertiary/aromatic N) is 1. The average molecular weight is 445 g/mol. The monoisotopic (exact) mass is 445 g/mol. The van der Waals surface area contributed by atoms with Gasteiger partial charge in [0.2, 0.25) is 5.91 Å². The number of carboxylic acid groups (broad SMARTS) is 1. The molecule has 0 saturated heterocycles. The van der Waals surface area contributed by atoms with Gasteiger partial charge in [-0.15, -0.1) is 0 Å². The summed E-state index contributed by atoms with van der Waals surface area (Å²) in [5, 5.41) is 14.1. The van der Waals surface area contributed by atoms with Crippen LogP contribution in [0.15, 0.2) is 66.9 Å². The lowest BCUT2D eigenvalue weighted by Gasteiger charge is -2.17. The summed E-state index contributed by atoms with van der Waals surface area (Å²) in [5.41, 5.74) is 5.07. The topological polar surface area (TPSA) is 118 Å². The Kier molecular flexibility index (Phi) is 6.35. The van der Waals surface area contributed by atoms with Gasteiger partial charge in [-0.3, -0.25) is 4.79 Å². The first-order valence-electron chi connectivity index (χ1n) is 10.5. The van der Waals surface area contributed by atoms with Crippen LogP contribution in [0.25, 0.3) is 11.1 Å². The number of amides is 2. The molecular weight excluding hydrogens is 422 g/mol. The number of ether oxygens (including phenoxy) is 1. The molecule has 168 valence electrons. The Hall–Kier alpha value is -4.20. The first-order chi connectivity index (χ1) is 15.9. The maximum absolute atomic E-state index is 12.3. The quantitative estimate of drug-likeness (QED) is 0.514. The van der Waals surface area contributed by atoms with Crippen molar-refractivity contribution in [3.63, 3.8) is 0 Å². The SMILES string of the molecule is CC(NC(=O)OCC1c2ccccc2-c2ccccc21)C(=O)NCc1ccc(C(=O)O)nc1. The number of aromatic carboxylic acids is 1. The third-order valence-electron chi connectivity index (χ3n) is 5.58. The van der Waals surface area contributed by atoms with Crippen molar-refractivity contribution < 1.29 is 24.2 Å². The number of nitrogens with one attached hydrogen (secondary N) is 2. The Morgan fingerprint density at radius 1 is 1.00 bits per heavy atom. The van der Waals surface area contributed by atoms with Crippen LogP contribution in [0.1, 0.15) is 40.0 Å². The van der Waals surface area contributed by atoms with E-state index in [0.29, 0.717) is 5.56 Å². The number of aromatic nitrogens is 1. The number of carbonyl (C=O) groups excluding carboxylic acids is 2. The van der Waals surface area contributed by atoms with Crippen molar-refractivity contribution in [1.29, 1.82) is 0 Å². The number of hydrogen-bond acceptors (Lipinski definition) is 5. The third-order valence-corrected chi connectivity index (χ3v) is 5.58. The first-order valence-corrected chi connectivity index (χ1v) is 10.5. The van der Waals surface area contributed by atoms with Crippen LogP contribution >= 0.6 is 0 Å². The predicted molar refractivity (Wildman–Crippen MR) is 121 cm³/mol. The second kappa shape index (κ2) is 9.52. The normalized spacial score (nSPS) is 12.9. The van der Waals surface area contributed by atoms with Crippen LogP contribution < -0.4 is 10.6 Å². The summed E-state index contributed by atoms with van der Waals surface area (Å²) in [7, 11) is 0. The Labute approximate surface area is 190 Å². The molecule has 0 fully saturated rings. The van der Waals surface area contributed by atoms with Gasteiger partial charge in [-0.1, -0.05) is 54.6 Å². The van der Waals surface area contributed by atoms with E-state index in [2.05, 4.69) is 27.8 Å². The van der Waals surface area contributed by atoms with Crippen molar-refractivity contribution in [1.82, 2.24) is 15.6 Å². The van der Waals surface area contributed by atoms with Crippen LogP contribution in [0.2, 0.25) is 0 Å². The van der Waals surface area contributed by atoms with Crippen LogP contribution in [0.3, 0.4) is 0 Å². The highest BCUT2D eigenvalue weighted by Crippen LogP contribution is 2.44. The minimum absolute atomic E-state index is 0.0615. The molecule has 0 radical (unpaired) electrons. The van der Waals surface area contributed by atoms with Crippen LogP contribution in [0.5, 0.6) is 0 Å². The largest absolute Gasteiger partial charge is 0.477 e. The Morgan fingerprint density at radius 3 is 2.21 bits per heavy atom. The number of carbonyl (C=O) groups is 3. The van der Waals surface area contributed by atoms with E-state index >= 15 is 0 Å². The van der Waals surface area contributed by atoms with Crippen LogP contribution in [-0.2, 0) is 16.1 Å². The zero-order chi connectivity index (χ0) is 23.4. The minimum Gasteiger partial charge on any atom is -0.477 e. The molecule has 1 aliphatic rings. The van der Waals surface area contributed by atoms with Gasteiger partial charge in [-0.2, -0.15) is 0 Å². The minimum atomic E-state index is -1.12. The third kappa shape index (κ3) is 4.85. The van der Waals surface area contributed by atoms with Gasteiger partial charge in [-0.05, 0) is 40.8 Å². The van der Waals surface area contributed by atoms with E-state index in [1.54, 1.807) is 13.0 Å². The smallest absolute Gasteiger partial charge is 0.407 e. The fourth-order valence-electron chi connectivity index (χ4n) is 3.88. The Bertz CT molecular complexity index is 1150. The summed E-state index contributed by atoms with van der Waals surface area (Å²) in [6, 6.07) is 18.2. The van der Waals surface area contributed by atoms with E-state index in [1.165, 1.54) is 12.3 Å². The second-order valence-electron chi connectivity index (χ2n) is 7.77. The van der Waals surface area contributed by atoms with Crippen molar-refractivity contribution in [2.75, 3.05) is 6.61 Å². The fourth-order valence-corrected chi connectivity index (χ4v) is 3.88. The molecule has 4 rings (SSSR count). The lowest BCUT2D eigenvalue weighted by Crippen LogP contribution is -2.45. The summed E-state index contributed by atoms with van der Waals surface area (Å²) in [5.74, 6) is -1.58. The summed E-state index contributed by atoms with van der Waals surface area (Å²) in [4.78, 5) is 39.3. The molecular formula is C25H23N3O5. The van der Waals surface area contributed by atoms with Gasteiger partial charge >= 0.3 is 12.1 Å². The molecule has 0 aliphatic heterocycles. The van der Waals surface area contributed by atoms with E-state index < -0.39 is 24.0 Å². The number of pyridine rings is 1.